The average molecular weight is 447 g/mol. The number of hydrogen-bond acceptors (Lipinski definition) is 5. The molecule has 0 saturated heterocycles. The number of amides is 1. The van der Waals surface area contributed by atoms with Crippen LogP contribution in [0.25, 0.3) is 0 Å². The van der Waals surface area contributed by atoms with Crippen molar-refractivity contribution < 1.29 is 19.5 Å². The van der Waals surface area contributed by atoms with Crippen LogP contribution in [0.5, 0.6) is 0 Å². The van der Waals surface area contributed by atoms with E-state index in [1.807, 2.05) is 18.2 Å². The van der Waals surface area contributed by atoms with Crippen LogP contribution in [0.4, 0.5) is 0 Å². The van der Waals surface area contributed by atoms with Gasteiger partial charge in [-0.1, -0.05) is 79.5 Å². The summed E-state index contributed by atoms with van der Waals surface area (Å²) in [6, 6.07) is 26.2. The molecule has 0 saturated carbocycles. The summed E-state index contributed by atoms with van der Waals surface area (Å²) in [6.07, 6.45) is 2.13. The predicted molar refractivity (Wildman–Crippen MR) is 128 cm³/mol. The van der Waals surface area contributed by atoms with Gasteiger partial charge in [0.25, 0.3) is 5.91 Å². The van der Waals surface area contributed by atoms with Crippen LogP contribution in [0, 0.1) is 0 Å². The lowest BCUT2D eigenvalue weighted by Crippen LogP contribution is -2.33. The SMILES string of the molecule is CC(C)(CNCCCc1ccccc1)c1ccc(C(=O)OONC(=O)c2ccccc2)cc1. The van der Waals surface area contributed by atoms with Crippen LogP contribution in [-0.2, 0) is 21.7 Å². The molecule has 0 unspecified atom stereocenters. The summed E-state index contributed by atoms with van der Waals surface area (Å²) in [7, 11) is 0. The average Bonchev–Trinajstić information content (AvgIpc) is 2.85. The van der Waals surface area contributed by atoms with Gasteiger partial charge in [0.1, 0.15) is 0 Å². The first-order valence-electron chi connectivity index (χ1n) is 11.0. The molecule has 0 fully saturated rings. The number of hydrogen-bond donors (Lipinski definition) is 2. The molecule has 0 aliphatic rings. The molecule has 172 valence electrons. The Bertz CT molecular complexity index is 1020. The summed E-state index contributed by atoms with van der Waals surface area (Å²) in [6.45, 7) is 6.08. The van der Waals surface area contributed by atoms with E-state index in [-0.39, 0.29) is 5.41 Å². The summed E-state index contributed by atoms with van der Waals surface area (Å²) in [5.41, 5.74) is 5.17. The monoisotopic (exact) mass is 446 g/mol. The number of carbonyl (C=O) groups is 2. The molecular formula is C27H30N2O4. The number of aryl methyl sites for hydroxylation is 1. The summed E-state index contributed by atoms with van der Waals surface area (Å²) in [5, 5.41) is 3.53. The molecule has 0 aliphatic carbocycles. The van der Waals surface area contributed by atoms with Crippen LogP contribution in [0.1, 0.15) is 52.1 Å². The standard InChI is InChI=1S/C27H30N2O4/c1-27(2,20-28-19-9-12-21-10-5-3-6-11-21)24-17-15-23(16-18-24)26(31)32-33-29-25(30)22-13-7-4-8-14-22/h3-8,10-11,13-18,28H,9,12,19-20H2,1-2H3,(H,29,30). The molecule has 6 heteroatoms. The number of carbonyl (C=O) groups excluding carboxylic acids is 2. The highest BCUT2D eigenvalue weighted by Crippen LogP contribution is 2.23. The molecule has 0 heterocycles. The second kappa shape index (κ2) is 11.9. The van der Waals surface area contributed by atoms with Crippen LogP contribution in [0.15, 0.2) is 84.9 Å². The van der Waals surface area contributed by atoms with Crippen LogP contribution >= 0.6 is 0 Å². The van der Waals surface area contributed by atoms with E-state index in [0.717, 1.165) is 31.5 Å². The fourth-order valence-electron chi connectivity index (χ4n) is 3.42. The van der Waals surface area contributed by atoms with Gasteiger partial charge in [-0.2, -0.15) is 5.48 Å². The molecule has 6 nitrogen and oxygen atoms in total. The number of hydroxylamine groups is 1. The van der Waals surface area contributed by atoms with Crippen molar-refractivity contribution in [1.29, 1.82) is 0 Å². The highest BCUT2D eigenvalue weighted by atomic mass is 17.3. The van der Waals surface area contributed by atoms with E-state index in [0.29, 0.717) is 11.1 Å². The van der Waals surface area contributed by atoms with E-state index in [4.69, 9.17) is 4.89 Å². The second-order valence-corrected chi connectivity index (χ2v) is 8.48. The molecular weight excluding hydrogens is 416 g/mol. The van der Waals surface area contributed by atoms with Gasteiger partial charge < -0.3 is 5.32 Å². The Kier molecular flexibility index (Phi) is 8.75. The van der Waals surface area contributed by atoms with Crippen LogP contribution in [0.3, 0.4) is 0 Å². The van der Waals surface area contributed by atoms with E-state index >= 15 is 0 Å². The Balaban J connectivity index is 1.41. The minimum absolute atomic E-state index is 0.102. The second-order valence-electron chi connectivity index (χ2n) is 8.48. The molecule has 0 radical (unpaired) electrons. The largest absolute Gasteiger partial charge is 0.375 e. The molecule has 0 aromatic heterocycles. The zero-order valence-corrected chi connectivity index (χ0v) is 19.0. The van der Waals surface area contributed by atoms with Gasteiger partial charge in [-0.3, -0.25) is 9.68 Å². The van der Waals surface area contributed by atoms with Gasteiger partial charge in [0, 0.05) is 17.5 Å². The maximum atomic E-state index is 12.2. The van der Waals surface area contributed by atoms with Gasteiger partial charge in [0.05, 0.1) is 5.56 Å². The minimum atomic E-state index is -0.688. The van der Waals surface area contributed by atoms with Crippen molar-refractivity contribution in [2.45, 2.75) is 32.1 Å². The molecule has 3 rings (SSSR count). The molecule has 3 aromatic rings. The highest BCUT2D eigenvalue weighted by Gasteiger charge is 2.21. The summed E-state index contributed by atoms with van der Waals surface area (Å²) < 4.78 is 0. The van der Waals surface area contributed by atoms with Crippen molar-refractivity contribution >= 4 is 11.9 Å². The summed E-state index contributed by atoms with van der Waals surface area (Å²) in [5.74, 6) is -1.19. The fourth-order valence-corrected chi connectivity index (χ4v) is 3.42. The van der Waals surface area contributed by atoms with E-state index in [1.165, 1.54) is 5.56 Å². The van der Waals surface area contributed by atoms with E-state index < -0.39 is 11.9 Å². The summed E-state index contributed by atoms with van der Waals surface area (Å²) in [4.78, 5) is 33.4. The quantitative estimate of drug-likeness (QED) is 0.255. The van der Waals surface area contributed by atoms with Crippen molar-refractivity contribution in [1.82, 2.24) is 10.8 Å². The third kappa shape index (κ3) is 7.56. The Labute approximate surface area is 194 Å². The van der Waals surface area contributed by atoms with Gasteiger partial charge in [0.2, 0.25) is 0 Å². The molecule has 33 heavy (non-hydrogen) atoms. The Hall–Kier alpha value is -3.48. The predicted octanol–water partition coefficient (Wildman–Crippen LogP) is 4.62. The smallest absolute Gasteiger partial charge is 0.316 e. The van der Waals surface area contributed by atoms with Crippen molar-refractivity contribution in [2.75, 3.05) is 13.1 Å². The Morgan fingerprint density at radius 3 is 2.12 bits per heavy atom. The first-order chi connectivity index (χ1) is 16.0. The van der Waals surface area contributed by atoms with Gasteiger partial charge >= 0.3 is 5.97 Å². The molecule has 0 aliphatic heterocycles. The first-order valence-corrected chi connectivity index (χ1v) is 11.0. The van der Waals surface area contributed by atoms with Gasteiger partial charge in [0.15, 0.2) is 0 Å². The molecule has 0 bridgehead atoms. The lowest BCUT2D eigenvalue weighted by Gasteiger charge is -2.26. The number of rotatable bonds is 11. The van der Waals surface area contributed by atoms with E-state index in [9.17, 15) is 9.59 Å². The van der Waals surface area contributed by atoms with E-state index in [1.54, 1.807) is 42.5 Å². The van der Waals surface area contributed by atoms with E-state index in [2.05, 4.69) is 53.9 Å². The Morgan fingerprint density at radius 1 is 0.818 bits per heavy atom. The van der Waals surface area contributed by atoms with Crippen LogP contribution in [0.2, 0.25) is 0 Å². The van der Waals surface area contributed by atoms with Crippen LogP contribution in [-0.4, -0.2) is 25.0 Å². The maximum absolute atomic E-state index is 12.2. The molecule has 0 spiro atoms. The van der Waals surface area contributed by atoms with Crippen molar-refractivity contribution in [2.24, 2.45) is 0 Å². The lowest BCUT2D eigenvalue weighted by molar-refractivity contribution is -0.273. The fraction of sp³-hybridized carbons (Fsp3) is 0.259. The molecule has 2 N–H and O–H groups in total. The van der Waals surface area contributed by atoms with Crippen LogP contribution < -0.4 is 10.8 Å². The first kappa shape index (κ1) is 24.2. The van der Waals surface area contributed by atoms with Gasteiger partial charge in [-0.15, -0.1) is 0 Å². The van der Waals surface area contributed by atoms with Gasteiger partial charge in [-0.05, 0) is 54.8 Å². The third-order valence-corrected chi connectivity index (χ3v) is 5.42. The van der Waals surface area contributed by atoms with Crippen molar-refractivity contribution in [3.63, 3.8) is 0 Å². The number of benzene rings is 3. The minimum Gasteiger partial charge on any atom is -0.316 e. The van der Waals surface area contributed by atoms with Crippen molar-refractivity contribution in [3.05, 3.63) is 107 Å². The maximum Gasteiger partial charge on any atom is 0.375 e. The van der Waals surface area contributed by atoms with Gasteiger partial charge in [-0.25, -0.2) is 4.79 Å². The van der Waals surface area contributed by atoms with Crippen molar-refractivity contribution in [3.8, 4) is 0 Å². The normalized spacial score (nSPS) is 11.1. The number of nitrogens with one attached hydrogen (secondary N) is 2. The molecule has 0 atom stereocenters. The topological polar surface area (TPSA) is 76.7 Å². The molecule has 1 amide bonds. The lowest BCUT2D eigenvalue weighted by atomic mass is 9.84. The Morgan fingerprint density at radius 2 is 1.45 bits per heavy atom. The highest BCUT2D eigenvalue weighted by molar-refractivity contribution is 5.93. The molecule has 3 aromatic carbocycles. The zero-order chi connectivity index (χ0) is 23.5. The zero-order valence-electron chi connectivity index (χ0n) is 19.0. The summed E-state index contributed by atoms with van der Waals surface area (Å²) >= 11 is 0. The third-order valence-electron chi connectivity index (χ3n) is 5.42.